The van der Waals surface area contributed by atoms with Crippen molar-refractivity contribution in [1.29, 1.82) is 0 Å². The average Bonchev–Trinajstić information content (AvgIpc) is 3.16. The second kappa shape index (κ2) is 8.44. The third-order valence-electron chi connectivity index (χ3n) is 4.54. The Morgan fingerprint density at radius 3 is 2.60 bits per heavy atom. The molecule has 0 spiro atoms. The highest BCUT2D eigenvalue weighted by molar-refractivity contribution is 7.80. The zero-order valence-electron chi connectivity index (χ0n) is 15.8. The minimum absolute atomic E-state index is 0.125. The van der Waals surface area contributed by atoms with E-state index in [1.807, 2.05) is 43.3 Å². The molecule has 0 radical (unpaired) electrons. The molecule has 0 aliphatic rings. The number of amides is 1. The summed E-state index contributed by atoms with van der Waals surface area (Å²) in [4.78, 5) is 20.3. The second-order valence-electron chi connectivity index (χ2n) is 6.67. The van der Waals surface area contributed by atoms with Crippen LogP contribution in [0.1, 0.15) is 15.9 Å². The van der Waals surface area contributed by atoms with Gasteiger partial charge in [-0.15, -0.1) is 0 Å². The maximum atomic E-state index is 12.4. The number of carbonyl (C=O) groups excluding carboxylic acids is 1. The quantitative estimate of drug-likeness (QED) is 0.333. The van der Waals surface area contributed by atoms with Gasteiger partial charge in [0.05, 0.1) is 21.7 Å². The number of H-pyrrole nitrogens is 1. The number of carbonyl (C=O) groups is 1. The Balaban J connectivity index is 1.52. The molecule has 1 amide bonds. The predicted octanol–water partition coefficient (Wildman–Crippen LogP) is 5.97. The molecule has 1 aromatic heterocycles. The molecule has 0 aliphatic carbocycles. The normalized spacial score (nSPS) is 10.8. The molecule has 0 saturated carbocycles. The van der Waals surface area contributed by atoms with Crippen LogP contribution < -0.4 is 10.6 Å². The Labute approximate surface area is 188 Å². The van der Waals surface area contributed by atoms with Gasteiger partial charge in [0.1, 0.15) is 5.82 Å². The Morgan fingerprint density at radius 2 is 1.83 bits per heavy atom. The van der Waals surface area contributed by atoms with Crippen molar-refractivity contribution in [3.63, 3.8) is 0 Å². The summed E-state index contributed by atoms with van der Waals surface area (Å²) in [6.45, 7) is 1.87. The molecule has 8 heteroatoms. The van der Waals surface area contributed by atoms with Crippen LogP contribution in [0.25, 0.3) is 22.4 Å². The van der Waals surface area contributed by atoms with Crippen molar-refractivity contribution in [1.82, 2.24) is 15.3 Å². The van der Waals surface area contributed by atoms with E-state index in [1.54, 1.807) is 24.3 Å². The Morgan fingerprint density at radius 1 is 1.03 bits per heavy atom. The summed E-state index contributed by atoms with van der Waals surface area (Å²) in [5, 5.41) is 6.72. The standard InChI is InChI=1S/C22H16Cl2N4OS/c1-12-6-7-14(10-16(12)24)21(29)28-22(30)27-19-11-13(8-9-15(19)23)20-25-17-4-2-3-5-18(17)26-20/h2-11H,1H3,(H,25,26)(H2,27,28,29,30). The van der Waals surface area contributed by atoms with Gasteiger partial charge in [-0.05, 0) is 67.2 Å². The van der Waals surface area contributed by atoms with Crippen molar-refractivity contribution in [2.24, 2.45) is 0 Å². The molecule has 0 saturated heterocycles. The maximum absolute atomic E-state index is 12.4. The molecule has 0 aliphatic heterocycles. The average molecular weight is 455 g/mol. The van der Waals surface area contributed by atoms with Crippen molar-refractivity contribution in [2.45, 2.75) is 6.92 Å². The van der Waals surface area contributed by atoms with E-state index in [9.17, 15) is 4.79 Å². The first kappa shape index (κ1) is 20.3. The van der Waals surface area contributed by atoms with Crippen LogP contribution in [0.4, 0.5) is 5.69 Å². The number of hydrogen-bond donors (Lipinski definition) is 3. The third-order valence-corrected chi connectivity index (χ3v) is 5.48. The number of para-hydroxylation sites is 2. The van der Waals surface area contributed by atoms with Crippen molar-refractivity contribution in [2.75, 3.05) is 5.32 Å². The van der Waals surface area contributed by atoms with Gasteiger partial charge in [-0.3, -0.25) is 10.1 Å². The number of rotatable bonds is 3. The SMILES string of the molecule is Cc1ccc(C(=O)NC(=S)Nc2cc(-c3nc4ccccc4[nH]3)ccc2Cl)cc1Cl. The van der Waals surface area contributed by atoms with E-state index in [-0.39, 0.29) is 11.0 Å². The summed E-state index contributed by atoms with van der Waals surface area (Å²) >= 11 is 17.7. The molecule has 0 unspecified atom stereocenters. The summed E-state index contributed by atoms with van der Waals surface area (Å²) in [6, 6.07) is 18.3. The number of aryl methyl sites for hydroxylation is 1. The first-order chi connectivity index (χ1) is 14.4. The van der Waals surface area contributed by atoms with E-state index >= 15 is 0 Å². The van der Waals surface area contributed by atoms with E-state index in [1.165, 1.54) is 0 Å². The lowest BCUT2D eigenvalue weighted by Crippen LogP contribution is -2.34. The molecule has 4 rings (SSSR count). The van der Waals surface area contributed by atoms with E-state index in [0.717, 1.165) is 22.2 Å². The molecule has 3 N–H and O–H groups in total. The molecule has 30 heavy (non-hydrogen) atoms. The fraction of sp³-hybridized carbons (Fsp3) is 0.0455. The highest BCUT2D eigenvalue weighted by Gasteiger charge is 2.12. The van der Waals surface area contributed by atoms with Crippen LogP contribution in [0.2, 0.25) is 10.0 Å². The van der Waals surface area contributed by atoms with Gasteiger partial charge in [-0.1, -0.05) is 41.4 Å². The largest absolute Gasteiger partial charge is 0.338 e. The molecule has 0 bridgehead atoms. The molecule has 4 aromatic rings. The van der Waals surface area contributed by atoms with Crippen molar-refractivity contribution in [3.8, 4) is 11.4 Å². The fourth-order valence-corrected chi connectivity index (χ4v) is 3.47. The number of nitrogens with one attached hydrogen (secondary N) is 3. The number of anilines is 1. The first-order valence-electron chi connectivity index (χ1n) is 9.04. The second-order valence-corrected chi connectivity index (χ2v) is 7.89. The van der Waals surface area contributed by atoms with Crippen molar-refractivity contribution < 1.29 is 4.79 Å². The highest BCUT2D eigenvalue weighted by Crippen LogP contribution is 2.28. The van der Waals surface area contributed by atoms with Crippen LogP contribution in [0, 0.1) is 6.92 Å². The number of benzene rings is 3. The lowest BCUT2D eigenvalue weighted by atomic mass is 10.1. The fourth-order valence-electron chi connectivity index (χ4n) is 2.92. The molecule has 150 valence electrons. The topological polar surface area (TPSA) is 69.8 Å². The summed E-state index contributed by atoms with van der Waals surface area (Å²) in [5.41, 5.74) is 4.51. The highest BCUT2D eigenvalue weighted by atomic mass is 35.5. The Hall–Kier alpha value is -2.93. The number of thiocarbonyl (C=S) groups is 1. The lowest BCUT2D eigenvalue weighted by Gasteiger charge is -2.12. The molecule has 1 heterocycles. The van der Waals surface area contributed by atoms with Gasteiger partial charge >= 0.3 is 0 Å². The summed E-state index contributed by atoms with van der Waals surface area (Å²) < 4.78 is 0. The molecule has 3 aromatic carbocycles. The third kappa shape index (κ3) is 4.31. The van der Waals surface area contributed by atoms with Crippen molar-refractivity contribution in [3.05, 3.63) is 81.8 Å². The van der Waals surface area contributed by atoms with Gasteiger partial charge in [0.15, 0.2) is 5.11 Å². The summed E-state index contributed by atoms with van der Waals surface area (Å²) in [5.74, 6) is 0.346. The zero-order valence-corrected chi connectivity index (χ0v) is 18.1. The van der Waals surface area contributed by atoms with Gasteiger partial charge < -0.3 is 10.3 Å². The van der Waals surface area contributed by atoms with Crippen LogP contribution in [-0.2, 0) is 0 Å². The zero-order chi connectivity index (χ0) is 21.3. The van der Waals surface area contributed by atoms with Crippen LogP contribution in [0.3, 0.4) is 0 Å². The van der Waals surface area contributed by atoms with Gasteiger partial charge in [-0.2, -0.15) is 0 Å². The van der Waals surface area contributed by atoms with Gasteiger partial charge in [0, 0.05) is 16.1 Å². The van der Waals surface area contributed by atoms with Crippen LogP contribution in [0.5, 0.6) is 0 Å². The number of nitrogens with zero attached hydrogens (tertiary/aromatic N) is 1. The number of fused-ring (bicyclic) bond motifs is 1. The molecule has 5 nitrogen and oxygen atoms in total. The maximum Gasteiger partial charge on any atom is 0.257 e. The van der Waals surface area contributed by atoms with E-state index in [2.05, 4.69) is 20.6 Å². The van der Waals surface area contributed by atoms with Crippen LogP contribution >= 0.6 is 35.4 Å². The minimum atomic E-state index is -0.362. The summed E-state index contributed by atoms with van der Waals surface area (Å²) in [6.07, 6.45) is 0. The first-order valence-corrected chi connectivity index (χ1v) is 10.2. The van der Waals surface area contributed by atoms with Gasteiger partial charge in [0.2, 0.25) is 0 Å². The monoisotopic (exact) mass is 454 g/mol. The number of imidazole rings is 1. The van der Waals surface area contributed by atoms with E-state index < -0.39 is 0 Å². The Kier molecular flexibility index (Phi) is 5.72. The molecule has 0 fully saturated rings. The van der Waals surface area contributed by atoms with E-state index in [0.29, 0.717) is 27.1 Å². The minimum Gasteiger partial charge on any atom is -0.338 e. The molecular formula is C22H16Cl2N4OS. The summed E-state index contributed by atoms with van der Waals surface area (Å²) in [7, 11) is 0. The number of hydrogen-bond acceptors (Lipinski definition) is 3. The van der Waals surface area contributed by atoms with Crippen molar-refractivity contribution >= 4 is 63.2 Å². The van der Waals surface area contributed by atoms with Crippen LogP contribution in [-0.4, -0.2) is 21.0 Å². The molecular weight excluding hydrogens is 439 g/mol. The Bertz CT molecular complexity index is 1250. The number of aromatic nitrogens is 2. The predicted molar refractivity (Wildman–Crippen MR) is 126 cm³/mol. The lowest BCUT2D eigenvalue weighted by molar-refractivity contribution is 0.0977. The van der Waals surface area contributed by atoms with Gasteiger partial charge in [0.25, 0.3) is 5.91 Å². The number of aromatic amines is 1. The van der Waals surface area contributed by atoms with Gasteiger partial charge in [-0.25, -0.2) is 4.98 Å². The molecule has 0 atom stereocenters. The number of halogens is 2. The smallest absolute Gasteiger partial charge is 0.257 e. The van der Waals surface area contributed by atoms with Crippen LogP contribution in [0.15, 0.2) is 60.7 Å². The van der Waals surface area contributed by atoms with E-state index in [4.69, 9.17) is 35.4 Å².